The van der Waals surface area contributed by atoms with Crippen LogP contribution in [0.4, 0.5) is 0 Å². The van der Waals surface area contributed by atoms with Gasteiger partial charge in [0.05, 0.1) is 26.7 Å². The normalized spacial score (nSPS) is 21.9. The first kappa shape index (κ1) is 25.4. The molecule has 34 heavy (non-hydrogen) atoms. The monoisotopic (exact) mass is 493 g/mol. The summed E-state index contributed by atoms with van der Waals surface area (Å²) in [4.78, 5) is 17.7. The zero-order chi connectivity index (χ0) is 24.0. The molecular weight excluding hydrogens is 454 g/mol. The van der Waals surface area contributed by atoms with Gasteiger partial charge in [-0.2, -0.15) is 4.31 Å². The highest BCUT2D eigenvalue weighted by atomic mass is 32.2. The lowest BCUT2D eigenvalue weighted by molar-refractivity contribution is -0.130. The average molecular weight is 494 g/mol. The van der Waals surface area contributed by atoms with Crippen LogP contribution in [0.25, 0.3) is 0 Å². The molecule has 2 aliphatic heterocycles. The zero-order valence-electron chi connectivity index (χ0n) is 20.4. The highest BCUT2D eigenvalue weighted by Crippen LogP contribution is 2.29. The summed E-state index contributed by atoms with van der Waals surface area (Å²) < 4.78 is 38.6. The molecule has 2 saturated heterocycles. The minimum Gasteiger partial charge on any atom is -0.495 e. The number of methoxy groups -OCH3 is 1. The van der Waals surface area contributed by atoms with Crippen LogP contribution >= 0.6 is 0 Å². The van der Waals surface area contributed by atoms with E-state index in [1.807, 2.05) is 4.90 Å². The van der Waals surface area contributed by atoms with Crippen molar-refractivity contribution >= 4 is 15.9 Å². The predicted octanol–water partition coefficient (Wildman–Crippen LogP) is 2.37. The molecule has 1 aromatic rings. The number of hydrogen-bond acceptors (Lipinski definition) is 6. The van der Waals surface area contributed by atoms with E-state index in [-0.39, 0.29) is 17.2 Å². The summed E-state index contributed by atoms with van der Waals surface area (Å²) in [7, 11) is -2.25. The third-order valence-electron chi connectivity index (χ3n) is 7.35. The molecule has 0 bridgehead atoms. The molecule has 190 valence electrons. The number of morpholine rings is 1. The fourth-order valence-corrected chi connectivity index (χ4v) is 7.00. The quantitative estimate of drug-likeness (QED) is 0.580. The van der Waals surface area contributed by atoms with Gasteiger partial charge in [-0.05, 0) is 49.4 Å². The van der Waals surface area contributed by atoms with Crippen molar-refractivity contribution in [2.24, 2.45) is 5.92 Å². The standard InChI is InChI=1S/C25H39N3O5S/c1-32-23-9-8-22(18-24(23)34(30,31)28-14-16-33-17-15-28)19-25(29)27-11-5-10-26(12-13-27)20-21-6-3-2-4-7-21/h8-9,18,21H,2-7,10-17,19-20H2,1H3. The number of carbonyl (C=O) groups excluding carboxylic acids is 1. The summed E-state index contributed by atoms with van der Waals surface area (Å²) in [5.74, 6) is 1.16. The van der Waals surface area contributed by atoms with Gasteiger partial charge in [0.15, 0.2) is 0 Å². The molecule has 1 saturated carbocycles. The predicted molar refractivity (Wildman–Crippen MR) is 130 cm³/mol. The van der Waals surface area contributed by atoms with Crippen molar-refractivity contribution in [1.82, 2.24) is 14.1 Å². The lowest BCUT2D eigenvalue weighted by Gasteiger charge is -2.29. The van der Waals surface area contributed by atoms with Gasteiger partial charge < -0.3 is 19.3 Å². The van der Waals surface area contributed by atoms with Crippen LogP contribution in [-0.2, 0) is 26.0 Å². The van der Waals surface area contributed by atoms with E-state index in [2.05, 4.69) is 4.90 Å². The maximum atomic E-state index is 13.2. The van der Waals surface area contributed by atoms with Crippen molar-refractivity contribution in [2.75, 3.05) is 66.1 Å². The first-order valence-electron chi connectivity index (χ1n) is 12.7. The van der Waals surface area contributed by atoms with Crippen LogP contribution in [0, 0.1) is 5.92 Å². The fourth-order valence-electron chi connectivity index (χ4n) is 5.38. The van der Waals surface area contributed by atoms with E-state index in [1.165, 1.54) is 43.5 Å². The molecular formula is C25H39N3O5S. The van der Waals surface area contributed by atoms with E-state index in [4.69, 9.17) is 9.47 Å². The Labute approximate surface area is 204 Å². The van der Waals surface area contributed by atoms with Gasteiger partial charge in [0, 0.05) is 39.3 Å². The van der Waals surface area contributed by atoms with Crippen molar-refractivity contribution in [3.8, 4) is 5.75 Å². The molecule has 0 unspecified atom stereocenters. The molecule has 0 radical (unpaired) electrons. The Hall–Kier alpha value is -1.68. The number of amides is 1. The largest absolute Gasteiger partial charge is 0.495 e. The van der Waals surface area contributed by atoms with Gasteiger partial charge in [0.25, 0.3) is 0 Å². The number of rotatable bonds is 7. The van der Waals surface area contributed by atoms with Crippen LogP contribution in [0.1, 0.15) is 44.1 Å². The van der Waals surface area contributed by atoms with Crippen LogP contribution in [-0.4, -0.2) is 94.6 Å². The van der Waals surface area contributed by atoms with Crippen molar-refractivity contribution in [3.05, 3.63) is 23.8 Å². The van der Waals surface area contributed by atoms with Gasteiger partial charge in [-0.1, -0.05) is 25.3 Å². The number of carbonyl (C=O) groups is 1. The van der Waals surface area contributed by atoms with Crippen LogP contribution in [0.15, 0.2) is 23.1 Å². The molecule has 1 amide bonds. The van der Waals surface area contributed by atoms with Gasteiger partial charge in [-0.15, -0.1) is 0 Å². The smallest absolute Gasteiger partial charge is 0.246 e. The fraction of sp³-hybridized carbons (Fsp3) is 0.720. The Bertz CT molecular complexity index is 926. The number of ether oxygens (including phenoxy) is 2. The second-order valence-electron chi connectivity index (χ2n) is 9.72. The molecule has 1 aromatic carbocycles. The maximum Gasteiger partial charge on any atom is 0.246 e. The van der Waals surface area contributed by atoms with E-state index in [1.54, 1.807) is 18.2 Å². The second-order valence-corrected chi connectivity index (χ2v) is 11.6. The molecule has 1 aliphatic carbocycles. The van der Waals surface area contributed by atoms with Crippen molar-refractivity contribution < 1.29 is 22.7 Å². The highest BCUT2D eigenvalue weighted by Gasteiger charge is 2.30. The van der Waals surface area contributed by atoms with Crippen molar-refractivity contribution in [3.63, 3.8) is 0 Å². The SMILES string of the molecule is COc1ccc(CC(=O)N2CCCN(CC3CCCCC3)CC2)cc1S(=O)(=O)N1CCOCC1. The Kier molecular flexibility index (Phi) is 8.85. The Morgan fingerprint density at radius 1 is 1.00 bits per heavy atom. The molecule has 8 nitrogen and oxygen atoms in total. The van der Waals surface area contributed by atoms with Crippen LogP contribution in [0.3, 0.4) is 0 Å². The van der Waals surface area contributed by atoms with E-state index >= 15 is 0 Å². The lowest BCUT2D eigenvalue weighted by atomic mass is 9.89. The van der Waals surface area contributed by atoms with E-state index in [0.29, 0.717) is 37.6 Å². The Balaban J connectivity index is 1.39. The molecule has 2 heterocycles. The summed E-state index contributed by atoms with van der Waals surface area (Å²) in [6, 6.07) is 5.06. The van der Waals surface area contributed by atoms with Gasteiger partial charge in [0.1, 0.15) is 10.6 Å². The molecule has 3 fully saturated rings. The molecule has 0 N–H and O–H groups in total. The van der Waals surface area contributed by atoms with Crippen molar-refractivity contribution in [1.29, 1.82) is 0 Å². The zero-order valence-corrected chi connectivity index (χ0v) is 21.2. The minimum atomic E-state index is -3.72. The van der Waals surface area contributed by atoms with E-state index in [0.717, 1.165) is 45.1 Å². The van der Waals surface area contributed by atoms with Gasteiger partial charge in [0.2, 0.25) is 15.9 Å². The number of sulfonamides is 1. The van der Waals surface area contributed by atoms with E-state index < -0.39 is 10.0 Å². The number of hydrogen-bond donors (Lipinski definition) is 0. The van der Waals surface area contributed by atoms with Gasteiger partial charge in [-0.3, -0.25) is 4.79 Å². The number of nitrogens with zero attached hydrogens (tertiary/aromatic N) is 3. The van der Waals surface area contributed by atoms with Crippen LogP contribution in [0.2, 0.25) is 0 Å². The summed E-state index contributed by atoms with van der Waals surface area (Å²) in [5.41, 5.74) is 0.695. The summed E-state index contributed by atoms with van der Waals surface area (Å²) in [5, 5.41) is 0. The topological polar surface area (TPSA) is 79.4 Å². The third kappa shape index (κ3) is 6.30. The van der Waals surface area contributed by atoms with E-state index in [9.17, 15) is 13.2 Å². The minimum absolute atomic E-state index is 0.0550. The lowest BCUT2D eigenvalue weighted by Crippen LogP contribution is -2.40. The van der Waals surface area contributed by atoms with Crippen LogP contribution in [0.5, 0.6) is 5.75 Å². The first-order chi connectivity index (χ1) is 16.5. The van der Waals surface area contributed by atoms with Gasteiger partial charge in [-0.25, -0.2) is 8.42 Å². The Morgan fingerprint density at radius 2 is 1.76 bits per heavy atom. The summed E-state index contributed by atoms with van der Waals surface area (Å²) in [6.07, 6.45) is 7.94. The Morgan fingerprint density at radius 3 is 2.50 bits per heavy atom. The summed E-state index contributed by atoms with van der Waals surface area (Å²) in [6.45, 7) is 6.02. The molecule has 0 spiro atoms. The molecule has 0 atom stereocenters. The second kappa shape index (κ2) is 11.8. The highest BCUT2D eigenvalue weighted by molar-refractivity contribution is 7.89. The van der Waals surface area contributed by atoms with Gasteiger partial charge >= 0.3 is 0 Å². The van der Waals surface area contributed by atoms with Crippen LogP contribution < -0.4 is 4.74 Å². The maximum absolute atomic E-state index is 13.2. The first-order valence-corrected chi connectivity index (χ1v) is 14.2. The molecule has 0 aromatic heterocycles. The summed E-state index contributed by atoms with van der Waals surface area (Å²) >= 11 is 0. The third-order valence-corrected chi connectivity index (χ3v) is 9.27. The van der Waals surface area contributed by atoms with Crippen molar-refractivity contribution in [2.45, 2.75) is 49.8 Å². The molecule has 9 heteroatoms. The molecule has 4 rings (SSSR count). The average Bonchev–Trinajstić information content (AvgIpc) is 3.11. The molecule has 3 aliphatic rings. The number of benzene rings is 1.